The van der Waals surface area contributed by atoms with E-state index < -0.39 is 0 Å². The molecule has 1 aromatic rings. The number of carbonyl (C=O) groups is 1. The third-order valence-electron chi connectivity index (χ3n) is 2.24. The maximum atomic E-state index is 11.1. The molecular formula is C13H17NO2. The number of ether oxygens (including phenoxy) is 1. The summed E-state index contributed by atoms with van der Waals surface area (Å²) in [5.74, 6) is -0.286. The number of nitrogens with one attached hydrogen (secondary N) is 1. The fourth-order valence-corrected chi connectivity index (χ4v) is 1.32. The quantitative estimate of drug-likeness (QED) is 0.624. The van der Waals surface area contributed by atoms with Crippen molar-refractivity contribution in [2.24, 2.45) is 0 Å². The molecule has 3 heteroatoms. The molecule has 0 aliphatic heterocycles. The molecule has 0 saturated carbocycles. The van der Waals surface area contributed by atoms with Crippen molar-refractivity contribution >= 4 is 11.7 Å². The maximum absolute atomic E-state index is 11.1. The largest absolute Gasteiger partial charge is 0.466 e. The average molecular weight is 219 g/mol. The summed E-state index contributed by atoms with van der Waals surface area (Å²) in [6, 6.07) is 8.09. The van der Waals surface area contributed by atoms with Gasteiger partial charge in [0.1, 0.15) is 0 Å². The van der Waals surface area contributed by atoms with E-state index in [0.29, 0.717) is 12.1 Å². The van der Waals surface area contributed by atoms with Crippen LogP contribution in [0.5, 0.6) is 0 Å². The molecule has 86 valence electrons. The summed E-state index contributed by atoms with van der Waals surface area (Å²) in [4.78, 5) is 11.1. The Balaban J connectivity index is 2.50. The zero-order chi connectivity index (χ0) is 12.0. The molecule has 0 fully saturated rings. The average Bonchev–Trinajstić information content (AvgIpc) is 2.28. The van der Waals surface area contributed by atoms with Crippen LogP contribution >= 0.6 is 0 Å². The van der Waals surface area contributed by atoms with E-state index in [-0.39, 0.29) is 5.97 Å². The van der Waals surface area contributed by atoms with E-state index in [1.54, 1.807) is 6.92 Å². The van der Waals surface area contributed by atoms with E-state index in [1.165, 1.54) is 12.7 Å². The van der Waals surface area contributed by atoms with Crippen molar-refractivity contribution in [3.63, 3.8) is 0 Å². The van der Waals surface area contributed by atoms with E-state index in [9.17, 15) is 4.79 Å². The van der Waals surface area contributed by atoms with E-state index in [2.05, 4.69) is 16.1 Å². The van der Waals surface area contributed by atoms with Crippen molar-refractivity contribution in [2.45, 2.75) is 13.8 Å². The van der Waals surface area contributed by atoms with Crippen LogP contribution in [0.2, 0.25) is 0 Å². The molecule has 0 atom stereocenters. The number of methoxy groups -OCH3 is 1. The van der Waals surface area contributed by atoms with Crippen molar-refractivity contribution in [2.75, 3.05) is 19.0 Å². The molecule has 3 nitrogen and oxygen atoms in total. The van der Waals surface area contributed by atoms with Gasteiger partial charge < -0.3 is 10.1 Å². The van der Waals surface area contributed by atoms with Crippen molar-refractivity contribution in [3.05, 3.63) is 41.5 Å². The molecule has 0 unspecified atom stereocenters. The van der Waals surface area contributed by atoms with Crippen LogP contribution in [0.15, 0.2) is 35.9 Å². The van der Waals surface area contributed by atoms with Gasteiger partial charge in [-0.3, -0.25) is 0 Å². The van der Waals surface area contributed by atoms with Gasteiger partial charge in [-0.1, -0.05) is 18.2 Å². The first-order valence-corrected chi connectivity index (χ1v) is 5.19. The maximum Gasteiger partial charge on any atom is 0.333 e. The number of esters is 1. The fourth-order valence-electron chi connectivity index (χ4n) is 1.32. The first-order chi connectivity index (χ1) is 7.63. The van der Waals surface area contributed by atoms with E-state index in [1.807, 2.05) is 31.2 Å². The lowest BCUT2D eigenvalue weighted by molar-refractivity contribution is -0.136. The van der Waals surface area contributed by atoms with Crippen molar-refractivity contribution in [1.82, 2.24) is 0 Å². The topological polar surface area (TPSA) is 38.3 Å². The predicted octanol–water partition coefficient (Wildman–Crippen LogP) is 2.53. The number of hydrogen-bond donors (Lipinski definition) is 1. The molecule has 16 heavy (non-hydrogen) atoms. The SMILES string of the molecule is COC(=O)/C(C)=C/CNc1cccc(C)c1. The fraction of sp³-hybridized carbons (Fsp3) is 0.308. The van der Waals surface area contributed by atoms with Gasteiger partial charge in [0.05, 0.1) is 7.11 Å². The van der Waals surface area contributed by atoms with Gasteiger partial charge in [-0.25, -0.2) is 4.79 Å². The number of hydrogen-bond acceptors (Lipinski definition) is 3. The number of carbonyl (C=O) groups excluding carboxylic acids is 1. The Hall–Kier alpha value is -1.77. The molecule has 0 aromatic heterocycles. The Morgan fingerprint density at radius 3 is 2.88 bits per heavy atom. The monoisotopic (exact) mass is 219 g/mol. The van der Waals surface area contributed by atoms with Crippen LogP contribution < -0.4 is 5.32 Å². The lowest BCUT2D eigenvalue weighted by Gasteiger charge is -2.04. The smallest absolute Gasteiger partial charge is 0.333 e. The van der Waals surface area contributed by atoms with Gasteiger partial charge in [0.25, 0.3) is 0 Å². The summed E-state index contributed by atoms with van der Waals surface area (Å²) in [6.45, 7) is 4.40. The predicted molar refractivity (Wildman–Crippen MR) is 65.4 cm³/mol. The molecule has 1 rings (SSSR count). The second-order valence-corrected chi connectivity index (χ2v) is 3.63. The first kappa shape index (κ1) is 12.3. The molecule has 0 amide bonds. The summed E-state index contributed by atoms with van der Waals surface area (Å²) in [5, 5.41) is 3.21. The highest BCUT2D eigenvalue weighted by Crippen LogP contribution is 2.09. The third-order valence-corrected chi connectivity index (χ3v) is 2.24. The second-order valence-electron chi connectivity index (χ2n) is 3.63. The van der Waals surface area contributed by atoms with Crippen LogP contribution in [0.1, 0.15) is 12.5 Å². The highest BCUT2D eigenvalue weighted by atomic mass is 16.5. The molecule has 0 radical (unpaired) electrons. The lowest BCUT2D eigenvalue weighted by atomic mass is 10.2. The number of rotatable bonds is 4. The summed E-state index contributed by atoms with van der Waals surface area (Å²) < 4.78 is 4.60. The zero-order valence-electron chi connectivity index (χ0n) is 9.91. The van der Waals surface area contributed by atoms with Crippen LogP contribution in [0.25, 0.3) is 0 Å². The molecular weight excluding hydrogens is 202 g/mol. The van der Waals surface area contributed by atoms with Crippen molar-refractivity contribution in [3.8, 4) is 0 Å². The minimum atomic E-state index is -0.286. The summed E-state index contributed by atoms with van der Waals surface area (Å²) in [7, 11) is 1.38. The normalized spacial score (nSPS) is 11.1. The van der Waals surface area contributed by atoms with E-state index in [0.717, 1.165) is 5.69 Å². The highest BCUT2D eigenvalue weighted by molar-refractivity contribution is 5.87. The Kier molecular flexibility index (Phi) is 4.58. The molecule has 0 bridgehead atoms. The van der Waals surface area contributed by atoms with Crippen LogP contribution in [-0.2, 0) is 9.53 Å². The van der Waals surface area contributed by atoms with Crippen LogP contribution in [0, 0.1) is 6.92 Å². The van der Waals surface area contributed by atoms with Crippen LogP contribution in [0.3, 0.4) is 0 Å². The number of aryl methyl sites for hydroxylation is 1. The molecule has 0 aliphatic carbocycles. The van der Waals surface area contributed by atoms with Gasteiger partial charge in [-0.05, 0) is 31.5 Å². The minimum absolute atomic E-state index is 0.286. The Morgan fingerprint density at radius 2 is 2.25 bits per heavy atom. The molecule has 0 saturated heterocycles. The minimum Gasteiger partial charge on any atom is -0.466 e. The van der Waals surface area contributed by atoms with Crippen molar-refractivity contribution in [1.29, 1.82) is 0 Å². The van der Waals surface area contributed by atoms with Crippen LogP contribution in [0.4, 0.5) is 5.69 Å². The Bertz CT molecular complexity index is 397. The molecule has 1 aromatic carbocycles. The lowest BCUT2D eigenvalue weighted by Crippen LogP contribution is -2.05. The second kappa shape index (κ2) is 5.95. The number of benzene rings is 1. The van der Waals surface area contributed by atoms with Gasteiger partial charge in [0, 0.05) is 17.8 Å². The first-order valence-electron chi connectivity index (χ1n) is 5.19. The third kappa shape index (κ3) is 3.77. The standard InChI is InChI=1S/C13H17NO2/c1-10-5-4-6-12(9-10)14-8-7-11(2)13(15)16-3/h4-7,9,14H,8H2,1-3H3/b11-7+. The Morgan fingerprint density at radius 1 is 1.50 bits per heavy atom. The van der Waals surface area contributed by atoms with E-state index in [4.69, 9.17) is 0 Å². The molecule has 0 heterocycles. The van der Waals surface area contributed by atoms with E-state index >= 15 is 0 Å². The highest BCUT2D eigenvalue weighted by Gasteiger charge is 2.01. The van der Waals surface area contributed by atoms with Gasteiger partial charge in [-0.2, -0.15) is 0 Å². The Labute approximate surface area is 96.1 Å². The molecule has 0 spiro atoms. The molecule has 0 aliphatic rings. The number of anilines is 1. The van der Waals surface area contributed by atoms with Crippen LogP contribution in [-0.4, -0.2) is 19.6 Å². The zero-order valence-corrected chi connectivity index (χ0v) is 9.91. The summed E-state index contributed by atoms with van der Waals surface area (Å²) in [6.07, 6.45) is 1.81. The van der Waals surface area contributed by atoms with Gasteiger partial charge in [-0.15, -0.1) is 0 Å². The summed E-state index contributed by atoms with van der Waals surface area (Å²) in [5.41, 5.74) is 2.87. The summed E-state index contributed by atoms with van der Waals surface area (Å²) >= 11 is 0. The van der Waals surface area contributed by atoms with Crippen molar-refractivity contribution < 1.29 is 9.53 Å². The van der Waals surface area contributed by atoms with Gasteiger partial charge in [0.2, 0.25) is 0 Å². The van der Waals surface area contributed by atoms with Gasteiger partial charge in [0.15, 0.2) is 0 Å². The van der Waals surface area contributed by atoms with Gasteiger partial charge >= 0.3 is 5.97 Å². The molecule has 1 N–H and O–H groups in total.